The molecule has 1 aromatic carbocycles. The zero-order valence-electron chi connectivity index (χ0n) is 13.1. The molecule has 0 saturated carbocycles. The molecule has 5 heteroatoms. The number of ether oxygens (including phenoxy) is 1. The van der Waals surface area contributed by atoms with Crippen molar-refractivity contribution in [1.82, 2.24) is 10.2 Å². The maximum Gasteiger partial charge on any atom is 0.224 e. The van der Waals surface area contributed by atoms with Gasteiger partial charge >= 0.3 is 0 Å². The number of carbonyl (C=O) groups excluding carboxylic acids is 1. The minimum Gasteiger partial charge on any atom is -0.378 e. The lowest BCUT2D eigenvalue weighted by Gasteiger charge is -2.29. The second kappa shape index (κ2) is 7.95. The van der Waals surface area contributed by atoms with Gasteiger partial charge in [0.2, 0.25) is 5.91 Å². The van der Waals surface area contributed by atoms with Crippen molar-refractivity contribution in [1.29, 1.82) is 0 Å². The standard InChI is InChI=1S/C17H24N2O2.ClH/c1-13-5-2-3-6-15(13)16-7-4-9-19(16)17(20)11-14-12-21-10-8-18-14;/h2-3,5-6,14,16,18H,4,7-12H2,1H3;1H. The molecule has 0 bridgehead atoms. The molecule has 0 aliphatic carbocycles. The van der Waals surface area contributed by atoms with Gasteiger partial charge in [0.15, 0.2) is 0 Å². The van der Waals surface area contributed by atoms with Crippen LogP contribution >= 0.6 is 12.4 Å². The topological polar surface area (TPSA) is 41.6 Å². The van der Waals surface area contributed by atoms with E-state index in [4.69, 9.17) is 4.74 Å². The molecule has 1 N–H and O–H groups in total. The highest BCUT2D eigenvalue weighted by atomic mass is 35.5. The fraction of sp³-hybridized carbons (Fsp3) is 0.588. The van der Waals surface area contributed by atoms with E-state index in [-0.39, 0.29) is 30.4 Å². The molecule has 2 atom stereocenters. The second-order valence-corrected chi connectivity index (χ2v) is 6.03. The molecule has 122 valence electrons. The van der Waals surface area contributed by atoms with Gasteiger partial charge in [0.1, 0.15) is 0 Å². The lowest BCUT2D eigenvalue weighted by atomic mass is 9.99. The van der Waals surface area contributed by atoms with Gasteiger partial charge in [-0.15, -0.1) is 12.4 Å². The van der Waals surface area contributed by atoms with Crippen LogP contribution in [0.5, 0.6) is 0 Å². The summed E-state index contributed by atoms with van der Waals surface area (Å²) in [5, 5.41) is 3.37. The van der Waals surface area contributed by atoms with Crippen LogP contribution in [0.3, 0.4) is 0 Å². The van der Waals surface area contributed by atoms with E-state index in [0.29, 0.717) is 13.0 Å². The Morgan fingerprint density at radius 1 is 1.41 bits per heavy atom. The van der Waals surface area contributed by atoms with Crippen LogP contribution in [-0.2, 0) is 9.53 Å². The van der Waals surface area contributed by atoms with E-state index in [9.17, 15) is 4.79 Å². The van der Waals surface area contributed by atoms with Crippen LogP contribution in [0.4, 0.5) is 0 Å². The molecule has 1 aromatic rings. The Kier molecular flexibility index (Phi) is 6.24. The highest BCUT2D eigenvalue weighted by Gasteiger charge is 2.31. The summed E-state index contributed by atoms with van der Waals surface area (Å²) >= 11 is 0. The van der Waals surface area contributed by atoms with Gasteiger partial charge in [0, 0.05) is 25.6 Å². The molecular formula is C17H25ClN2O2. The summed E-state index contributed by atoms with van der Waals surface area (Å²) in [6.07, 6.45) is 2.72. The van der Waals surface area contributed by atoms with E-state index in [0.717, 1.165) is 32.5 Å². The SMILES string of the molecule is Cc1ccccc1C1CCCN1C(=O)CC1COCCN1.Cl. The monoisotopic (exact) mass is 324 g/mol. The van der Waals surface area contributed by atoms with Crippen LogP contribution < -0.4 is 5.32 Å². The number of benzene rings is 1. The van der Waals surface area contributed by atoms with Crippen molar-refractivity contribution in [2.24, 2.45) is 0 Å². The molecule has 2 saturated heterocycles. The Morgan fingerprint density at radius 3 is 2.95 bits per heavy atom. The van der Waals surface area contributed by atoms with Gasteiger partial charge in [-0.1, -0.05) is 24.3 Å². The maximum atomic E-state index is 12.6. The van der Waals surface area contributed by atoms with Gasteiger partial charge in [0.25, 0.3) is 0 Å². The summed E-state index contributed by atoms with van der Waals surface area (Å²) in [6.45, 7) is 5.26. The minimum absolute atomic E-state index is 0. The predicted molar refractivity (Wildman–Crippen MR) is 89.3 cm³/mol. The summed E-state index contributed by atoms with van der Waals surface area (Å²) in [5.74, 6) is 0.253. The van der Waals surface area contributed by atoms with Crippen LogP contribution in [-0.4, -0.2) is 43.2 Å². The quantitative estimate of drug-likeness (QED) is 0.928. The second-order valence-electron chi connectivity index (χ2n) is 6.03. The third kappa shape index (κ3) is 3.80. The molecule has 2 unspecified atom stereocenters. The minimum atomic E-state index is 0. The number of likely N-dealkylation sites (tertiary alicyclic amines) is 1. The van der Waals surface area contributed by atoms with E-state index in [1.807, 2.05) is 0 Å². The van der Waals surface area contributed by atoms with Gasteiger partial charge in [-0.05, 0) is 30.9 Å². The van der Waals surface area contributed by atoms with Crippen molar-refractivity contribution < 1.29 is 9.53 Å². The Bertz CT molecular complexity index is 503. The molecule has 4 nitrogen and oxygen atoms in total. The number of halogens is 1. The van der Waals surface area contributed by atoms with Crippen molar-refractivity contribution in [3.8, 4) is 0 Å². The Hall–Kier alpha value is -1.10. The Balaban J connectivity index is 0.00000176. The first-order valence-corrected chi connectivity index (χ1v) is 7.92. The normalized spacial score (nSPS) is 24.9. The van der Waals surface area contributed by atoms with Crippen molar-refractivity contribution in [3.63, 3.8) is 0 Å². The van der Waals surface area contributed by atoms with E-state index in [1.54, 1.807) is 0 Å². The maximum absolute atomic E-state index is 12.6. The van der Waals surface area contributed by atoms with Gasteiger partial charge < -0.3 is 15.0 Å². The molecule has 0 aromatic heterocycles. The number of carbonyl (C=O) groups is 1. The molecule has 2 aliphatic rings. The van der Waals surface area contributed by atoms with Crippen LogP contribution in [0.1, 0.15) is 36.4 Å². The Morgan fingerprint density at radius 2 is 2.23 bits per heavy atom. The summed E-state index contributed by atoms with van der Waals surface area (Å²) < 4.78 is 5.44. The number of hydrogen-bond donors (Lipinski definition) is 1. The molecule has 2 heterocycles. The van der Waals surface area contributed by atoms with Crippen molar-refractivity contribution in [2.45, 2.75) is 38.3 Å². The molecule has 2 aliphatic heterocycles. The zero-order chi connectivity index (χ0) is 14.7. The van der Waals surface area contributed by atoms with Crippen LogP contribution in [0.15, 0.2) is 24.3 Å². The van der Waals surface area contributed by atoms with E-state index >= 15 is 0 Å². The molecule has 2 fully saturated rings. The van der Waals surface area contributed by atoms with E-state index < -0.39 is 0 Å². The first-order chi connectivity index (χ1) is 10.3. The largest absolute Gasteiger partial charge is 0.378 e. The summed E-state index contributed by atoms with van der Waals surface area (Å²) in [5.41, 5.74) is 2.58. The van der Waals surface area contributed by atoms with Gasteiger partial charge in [-0.25, -0.2) is 0 Å². The van der Waals surface area contributed by atoms with E-state index in [1.165, 1.54) is 11.1 Å². The average Bonchev–Trinajstić information content (AvgIpc) is 2.98. The number of amides is 1. The van der Waals surface area contributed by atoms with Crippen molar-refractivity contribution >= 4 is 18.3 Å². The third-order valence-electron chi connectivity index (χ3n) is 4.54. The zero-order valence-corrected chi connectivity index (χ0v) is 13.9. The highest BCUT2D eigenvalue weighted by molar-refractivity contribution is 5.85. The molecule has 0 spiro atoms. The number of nitrogens with zero attached hydrogens (tertiary/aromatic N) is 1. The summed E-state index contributed by atoms with van der Waals surface area (Å²) in [4.78, 5) is 14.7. The molecule has 1 amide bonds. The summed E-state index contributed by atoms with van der Waals surface area (Å²) in [6, 6.07) is 8.84. The fourth-order valence-corrected chi connectivity index (χ4v) is 3.43. The molecule has 0 radical (unpaired) electrons. The van der Waals surface area contributed by atoms with Crippen LogP contribution in [0, 0.1) is 6.92 Å². The lowest BCUT2D eigenvalue weighted by Crippen LogP contribution is -2.45. The predicted octanol–water partition coefficient (Wildman–Crippen LogP) is 2.46. The Labute approximate surface area is 138 Å². The highest BCUT2D eigenvalue weighted by Crippen LogP contribution is 2.34. The van der Waals surface area contributed by atoms with Crippen molar-refractivity contribution in [3.05, 3.63) is 35.4 Å². The first-order valence-electron chi connectivity index (χ1n) is 7.92. The molecule has 3 rings (SSSR count). The molecule has 22 heavy (non-hydrogen) atoms. The average molecular weight is 325 g/mol. The first kappa shape index (κ1) is 17.3. The third-order valence-corrected chi connectivity index (χ3v) is 4.54. The fourth-order valence-electron chi connectivity index (χ4n) is 3.43. The lowest BCUT2D eigenvalue weighted by molar-refractivity contribution is -0.133. The van der Waals surface area contributed by atoms with Gasteiger partial charge in [-0.2, -0.15) is 0 Å². The van der Waals surface area contributed by atoms with Crippen molar-refractivity contribution in [2.75, 3.05) is 26.3 Å². The smallest absolute Gasteiger partial charge is 0.224 e. The number of nitrogens with one attached hydrogen (secondary N) is 1. The molecular weight excluding hydrogens is 300 g/mol. The van der Waals surface area contributed by atoms with E-state index in [2.05, 4.69) is 41.4 Å². The number of rotatable bonds is 3. The van der Waals surface area contributed by atoms with Crippen LogP contribution in [0.2, 0.25) is 0 Å². The number of hydrogen-bond acceptors (Lipinski definition) is 3. The van der Waals surface area contributed by atoms with Crippen LogP contribution in [0.25, 0.3) is 0 Å². The number of morpholine rings is 1. The van der Waals surface area contributed by atoms with Gasteiger partial charge in [-0.3, -0.25) is 4.79 Å². The number of aryl methyl sites for hydroxylation is 1. The van der Waals surface area contributed by atoms with Gasteiger partial charge in [0.05, 0.1) is 19.3 Å². The summed E-state index contributed by atoms with van der Waals surface area (Å²) in [7, 11) is 0.